The second-order valence-electron chi connectivity index (χ2n) is 5.23. The van der Waals surface area contributed by atoms with Gasteiger partial charge in [-0.1, -0.05) is 6.42 Å². The quantitative estimate of drug-likeness (QED) is 0.862. The van der Waals surface area contributed by atoms with Gasteiger partial charge in [0.25, 0.3) is 0 Å². The number of hydrogen-bond acceptors (Lipinski definition) is 3. The third kappa shape index (κ3) is 2.74. The number of halogens is 1. The van der Waals surface area contributed by atoms with Crippen LogP contribution in [0.5, 0.6) is 0 Å². The van der Waals surface area contributed by atoms with Gasteiger partial charge in [-0.25, -0.2) is 17.1 Å². The Balaban J connectivity index is 2.27. The maximum atomic E-state index is 13.4. The summed E-state index contributed by atoms with van der Waals surface area (Å²) in [6.07, 6.45) is 3.32. The first-order valence-corrected chi connectivity index (χ1v) is 7.78. The summed E-state index contributed by atoms with van der Waals surface area (Å²) in [5, 5.41) is 0. The Kier molecular flexibility index (Phi) is 3.82. The zero-order valence-electron chi connectivity index (χ0n) is 11.2. The summed E-state index contributed by atoms with van der Waals surface area (Å²) in [4.78, 5) is 0.0609. The summed E-state index contributed by atoms with van der Waals surface area (Å²) in [6.45, 7) is 2.02. The molecular formula is C13H19FN2O2S. The Morgan fingerprint density at radius 2 is 2.05 bits per heavy atom. The molecule has 1 aromatic carbocycles. The molecule has 1 aliphatic rings. The van der Waals surface area contributed by atoms with E-state index in [0.717, 1.165) is 12.8 Å². The fourth-order valence-corrected chi connectivity index (χ4v) is 3.60. The zero-order valence-corrected chi connectivity index (χ0v) is 12.0. The number of benzene rings is 1. The molecule has 0 unspecified atom stereocenters. The predicted octanol–water partition coefficient (Wildman–Crippen LogP) is 2.14. The van der Waals surface area contributed by atoms with Gasteiger partial charge in [0, 0.05) is 13.6 Å². The molecule has 6 heteroatoms. The SMILES string of the molecule is Cc1cc(S(=O)(=O)N(C)CC2CCC2)cc(N)c1F. The Hall–Kier alpha value is -1.14. The average molecular weight is 286 g/mol. The number of aryl methyl sites for hydroxylation is 1. The second kappa shape index (κ2) is 5.09. The van der Waals surface area contributed by atoms with Crippen LogP contribution >= 0.6 is 0 Å². The monoisotopic (exact) mass is 286 g/mol. The number of nitrogen functional groups attached to an aromatic ring is 1. The van der Waals surface area contributed by atoms with Crippen molar-refractivity contribution in [3.05, 3.63) is 23.5 Å². The van der Waals surface area contributed by atoms with Crippen LogP contribution in [0.15, 0.2) is 17.0 Å². The van der Waals surface area contributed by atoms with E-state index in [0.29, 0.717) is 12.5 Å². The first-order valence-electron chi connectivity index (χ1n) is 6.34. The highest BCUT2D eigenvalue weighted by Gasteiger charge is 2.27. The third-order valence-electron chi connectivity index (χ3n) is 3.70. The predicted molar refractivity (Wildman–Crippen MR) is 72.7 cm³/mol. The van der Waals surface area contributed by atoms with Crippen LogP contribution in [-0.2, 0) is 10.0 Å². The molecule has 106 valence electrons. The molecule has 0 atom stereocenters. The van der Waals surface area contributed by atoms with E-state index in [1.165, 1.54) is 29.8 Å². The molecule has 0 radical (unpaired) electrons. The highest BCUT2D eigenvalue weighted by molar-refractivity contribution is 7.89. The van der Waals surface area contributed by atoms with E-state index in [9.17, 15) is 12.8 Å². The first-order chi connectivity index (χ1) is 8.82. The molecule has 1 saturated carbocycles. The molecular weight excluding hydrogens is 267 g/mol. The molecule has 19 heavy (non-hydrogen) atoms. The van der Waals surface area contributed by atoms with Gasteiger partial charge in [0.1, 0.15) is 5.82 Å². The average Bonchev–Trinajstić information content (AvgIpc) is 2.29. The van der Waals surface area contributed by atoms with Crippen LogP contribution in [0.25, 0.3) is 0 Å². The van der Waals surface area contributed by atoms with Crippen molar-refractivity contribution >= 4 is 15.7 Å². The van der Waals surface area contributed by atoms with Gasteiger partial charge in [-0.15, -0.1) is 0 Å². The fourth-order valence-electron chi connectivity index (χ4n) is 2.23. The number of nitrogens with zero attached hydrogens (tertiary/aromatic N) is 1. The molecule has 0 saturated heterocycles. The van der Waals surface area contributed by atoms with Gasteiger partial charge in [-0.05, 0) is 43.4 Å². The van der Waals surface area contributed by atoms with E-state index in [-0.39, 0.29) is 16.1 Å². The summed E-state index contributed by atoms with van der Waals surface area (Å²) in [6, 6.07) is 2.52. The van der Waals surface area contributed by atoms with Crippen LogP contribution in [0.2, 0.25) is 0 Å². The molecule has 0 aliphatic heterocycles. The van der Waals surface area contributed by atoms with Gasteiger partial charge in [0.15, 0.2) is 0 Å². The largest absolute Gasteiger partial charge is 0.396 e. The molecule has 1 aliphatic carbocycles. The molecule has 0 spiro atoms. The van der Waals surface area contributed by atoms with Gasteiger partial charge < -0.3 is 5.73 Å². The molecule has 2 N–H and O–H groups in total. The van der Waals surface area contributed by atoms with Crippen molar-refractivity contribution in [2.75, 3.05) is 19.3 Å². The summed E-state index contributed by atoms with van der Waals surface area (Å²) in [5.41, 5.74) is 5.62. The van der Waals surface area contributed by atoms with E-state index in [1.54, 1.807) is 7.05 Å². The molecule has 4 nitrogen and oxygen atoms in total. The van der Waals surface area contributed by atoms with E-state index < -0.39 is 15.8 Å². The molecule has 1 aromatic rings. The van der Waals surface area contributed by atoms with Crippen LogP contribution in [0.3, 0.4) is 0 Å². The van der Waals surface area contributed by atoms with Crippen molar-refractivity contribution in [1.82, 2.24) is 4.31 Å². The highest BCUT2D eigenvalue weighted by atomic mass is 32.2. The van der Waals surface area contributed by atoms with E-state index in [1.807, 2.05) is 0 Å². The number of nitrogens with two attached hydrogens (primary N) is 1. The summed E-state index contributed by atoms with van der Waals surface area (Å²) >= 11 is 0. The van der Waals surface area contributed by atoms with Crippen LogP contribution in [0.4, 0.5) is 10.1 Å². The normalized spacial score (nSPS) is 16.6. The Morgan fingerprint density at radius 3 is 2.53 bits per heavy atom. The minimum atomic E-state index is -3.59. The maximum Gasteiger partial charge on any atom is 0.242 e. The Morgan fingerprint density at radius 1 is 1.42 bits per heavy atom. The Bertz CT molecular complexity index is 559. The van der Waals surface area contributed by atoms with E-state index in [4.69, 9.17) is 5.73 Å². The third-order valence-corrected chi connectivity index (χ3v) is 5.51. The van der Waals surface area contributed by atoms with Crippen molar-refractivity contribution in [3.63, 3.8) is 0 Å². The number of rotatable bonds is 4. The van der Waals surface area contributed by atoms with Crippen LogP contribution in [0, 0.1) is 18.7 Å². The number of anilines is 1. The Labute approximate surface area is 113 Å². The van der Waals surface area contributed by atoms with Gasteiger partial charge in [-0.3, -0.25) is 0 Å². The second-order valence-corrected chi connectivity index (χ2v) is 7.27. The molecule has 0 bridgehead atoms. The number of sulfonamides is 1. The lowest BCUT2D eigenvalue weighted by Crippen LogP contribution is -2.34. The van der Waals surface area contributed by atoms with Gasteiger partial charge in [-0.2, -0.15) is 0 Å². The smallest absolute Gasteiger partial charge is 0.242 e. The summed E-state index contributed by atoms with van der Waals surface area (Å²) < 4.78 is 39.5. The van der Waals surface area contributed by atoms with E-state index in [2.05, 4.69) is 0 Å². The van der Waals surface area contributed by atoms with Gasteiger partial charge in [0.2, 0.25) is 10.0 Å². The van der Waals surface area contributed by atoms with Crippen molar-refractivity contribution in [1.29, 1.82) is 0 Å². The molecule has 2 rings (SSSR count). The fraction of sp³-hybridized carbons (Fsp3) is 0.538. The molecule has 0 aromatic heterocycles. The maximum absolute atomic E-state index is 13.4. The van der Waals surface area contributed by atoms with Crippen molar-refractivity contribution in [2.24, 2.45) is 5.92 Å². The lowest BCUT2D eigenvalue weighted by atomic mass is 9.86. The van der Waals surface area contributed by atoms with Crippen LogP contribution in [0.1, 0.15) is 24.8 Å². The number of hydrogen-bond donors (Lipinski definition) is 1. The standard InChI is InChI=1S/C13H19FN2O2S/c1-9-6-11(7-12(15)13(9)14)19(17,18)16(2)8-10-4-3-5-10/h6-7,10H,3-5,8,15H2,1-2H3. The van der Waals surface area contributed by atoms with E-state index >= 15 is 0 Å². The van der Waals surface area contributed by atoms with Crippen LogP contribution < -0.4 is 5.73 Å². The zero-order chi connectivity index (χ0) is 14.2. The van der Waals surface area contributed by atoms with Crippen molar-refractivity contribution in [2.45, 2.75) is 31.1 Å². The van der Waals surface area contributed by atoms with Gasteiger partial charge in [0.05, 0.1) is 10.6 Å². The lowest BCUT2D eigenvalue weighted by molar-refractivity contribution is 0.263. The van der Waals surface area contributed by atoms with Crippen LogP contribution in [-0.4, -0.2) is 26.3 Å². The molecule has 0 heterocycles. The topological polar surface area (TPSA) is 63.4 Å². The minimum Gasteiger partial charge on any atom is -0.396 e. The summed E-state index contributed by atoms with van der Waals surface area (Å²) in [5.74, 6) is -0.112. The minimum absolute atomic E-state index is 0.0609. The molecule has 0 amide bonds. The van der Waals surface area contributed by atoms with Gasteiger partial charge >= 0.3 is 0 Å². The first kappa shape index (κ1) is 14.3. The van der Waals surface area contributed by atoms with Crippen molar-refractivity contribution < 1.29 is 12.8 Å². The highest BCUT2D eigenvalue weighted by Crippen LogP contribution is 2.29. The molecule has 1 fully saturated rings. The summed E-state index contributed by atoms with van der Waals surface area (Å²) in [7, 11) is -2.03. The van der Waals surface area contributed by atoms with Crippen molar-refractivity contribution in [3.8, 4) is 0 Å². The lowest BCUT2D eigenvalue weighted by Gasteiger charge is -2.29.